The van der Waals surface area contributed by atoms with Gasteiger partial charge in [-0.3, -0.25) is 9.69 Å². The van der Waals surface area contributed by atoms with E-state index in [9.17, 15) is 4.79 Å². The van der Waals surface area contributed by atoms with Gasteiger partial charge in [0.25, 0.3) is 0 Å². The monoisotopic (exact) mass is 275 g/mol. The van der Waals surface area contributed by atoms with Crippen molar-refractivity contribution in [1.82, 2.24) is 10.2 Å². The molecular formula is C16H25N3O. The fourth-order valence-corrected chi connectivity index (χ4v) is 2.54. The Morgan fingerprint density at radius 2 is 2.10 bits per heavy atom. The van der Waals surface area contributed by atoms with E-state index in [2.05, 4.69) is 34.5 Å². The lowest BCUT2D eigenvalue weighted by molar-refractivity contribution is -0.123. The van der Waals surface area contributed by atoms with Crippen molar-refractivity contribution in [3.05, 3.63) is 35.9 Å². The highest BCUT2D eigenvalue weighted by molar-refractivity contribution is 5.82. The van der Waals surface area contributed by atoms with Crippen molar-refractivity contribution >= 4 is 5.91 Å². The summed E-state index contributed by atoms with van der Waals surface area (Å²) in [5.41, 5.74) is 7.19. The summed E-state index contributed by atoms with van der Waals surface area (Å²) in [6, 6.07) is 10.3. The Labute approximate surface area is 121 Å². The second kappa shape index (κ2) is 6.86. The maximum absolute atomic E-state index is 12.0. The average Bonchev–Trinajstić information content (AvgIpc) is 2.86. The van der Waals surface area contributed by atoms with E-state index in [0.29, 0.717) is 0 Å². The van der Waals surface area contributed by atoms with Gasteiger partial charge in [0.05, 0.1) is 6.04 Å². The number of nitrogens with one attached hydrogen (secondary N) is 1. The molecule has 1 aromatic carbocycles. The lowest BCUT2D eigenvalue weighted by atomic mass is 10.0. The van der Waals surface area contributed by atoms with Crippen molar-refractivity contribution in [1.29, 1.82) is 0 Å². The third-order valence-electron chi connectivity index (χ3n) is 3.89. The van der Waals surface area contributed by atoms with Crippen LogP contribution in [0.4, 0.5) is 0 Å². The van der Waals surface area contributed by atoms with Crippen LogP contribution in [0.15, 0.2) is 30.3 Å². The summed E-state index contributed by atoms with van der Waals surface area (Å²) in [6.45, 7) is 6.83. The van der Waals surface area contributed by atoms with Gasteiger partial charge in [-0.2, -0.15) is 0 Å². The van der Waals surface area contributed by atoms with Crippen LogP contribution in [0.1, 0.15) is 25.8 Å². The molecule has 1 aromatic rings. The Morgan fingerprint density at radius 1 is 1.40 bits per heavy atom. The SMILES string of the molecule is CC(C)[C@H](N)C(=O)N[C@@H]1CCN(Cc2ccccc2)C1. The first-order valence-electron chi connectivity index (χ1n) is 7.38. The number of hydrogen-bond acceptors (Lipinski definition) is 3. The van der Waals surface area contributed by atoms with Gasteiger partial charge in [-0.05, 0) is 17.9 Å². The highest BCUT2D eigenvalue weighted by Gasteiger charge is 2.26. The molecule has 110 valence electrons. The van der Waals surface area contributed by atoms with Crippen LogP contribution in [0.2, 0.25) is 0 Å². The minimum atomic E-state index is -0.404. The van der Waals surface area contributed by atoms with Gasteiger partial charge >= 0.3 is 0 Å². The first-order valence-corrected chi connectivity index (χ1v) is 7.38. The quantitative estimate of drug-likeness (QED) is 0.853. The van der Waals surface area contributed by atoms with Gasteiger partial charge in [0.2, 0.25) is 5.91 Å². The molecule has 1 fully saturated rings. The molecule has 0 spiro atoms. The highest BCUT2D eigenvalue weighted by atomic mass is 16.2. The smallest absolute Gasteiger partial charge is 0.237 e. The zero-order valence-electron chi connectivity index (χ0n) is 12.4. The molecule has 0 aliphatic carbocycles. The highest BCUT2D eigenvalue weighted by Crippen LogP contribution is 2.13. The summed E-state index contributed by atoms with van der Waals surface area (Å²) in [4.78, 5) is 14.3. The van der Waals surface area contributed by atoms with Gasteiger partial charge < -0.3 is 11.1 Å². The molecule has 0 saturated carbocycles. The third kappa shape index (κ3) is 4.05. The van der Waals surface area contributed by atoms with Crippen molar-refractivity contribution in [3.63, 3.8) is 0 Å². The summed E-state index contributed by atoms with van der Waals surface area (Å²) in [7, 11) is 0. The Balaban J connectivity index is 1.79. The Bertz CT molecular complexity index is 433. The lowest BCUT2D eigenvalue weighted by Gasteiger charge is -2.20. The van der Waals surface area contributed by atoms with Gasteiger partial charge in [-0.1, -0.05) is 44.2 Å². The number of nitrogens with zero attached hydrogens (tertiary/aromatic N) is 1. The van der Waals surface area contributed by atoms with Gasteiger partial charge in [0.15, 0.2) is 0 Å². The molecule has 0 radical (unpaired) electrons. The molecule has 4 nitrogen and oxygen atoms in total. The molecule has 2 rings (SSSR count). The fourth-order valence-electron chi connectivity index (χ4n) is 2.54. The molecule has 0 aromatic heterocycles. The van der Waals surface area contributed by atoms with Crippen LogP contribution in [-0.2, 0) is 11.3 Å². The van der Waals surface area contributed by atoms with Crippen LogP contribution < -0.4 is 11.1 Å². The van der Waals surface area contributed by atoms with E-state index in [-0.39, 0.29) is 17.9 Å². The van der Waals surface area contributed by atoms with Crippen molar-refractivity contribution in [2.75, 3.05) is 13.1 Å². The zero-order chi connectivity index (χ0) is 14.5. The molecule has 3 N–H and O–H groups in total. The Morgan fingerprint density at radius 3 is 2.75 bits per heavy atom. The van der Waals surface area contributed by atoms with E-state index < -0.39 is 6.04 Å². The van der Waals surface area contributed by atoms with E-state index in [1.807, 2.05) is 19.9 Å². The topological polar surface area (TPSA) is 58.4 Å². The fraction of sp³-hybridized carbons (Fsp3) is 0.562. The lowest BCUT2D eigenvalue weighted by Crippen LogP contribution is -2.48. The number of amides is 1. The van der Waals surface area contributed by atoms with E-state index >= 15 is 0 Å². The summed E-state index contributed by atoms with van der Waals surface area (Å²) >= 11 is 0. The summed E-state index contributed by atoms with van der Waals surface area (Å²) < 4.78 is 0. The maximum Gasteiger partial charge on any atom is 0.237 e. The van der Waals surface area contributed by atoms with Crippen molar-refractivity contribution in [2.24, 2.45) is 11.7 Å². The molecule has 1 aliphatic heterocycles. The van der Waals surface area contributed by atoms with E-state index in [0.717, 1.165) is 26.1 Å². The van der Waals surface area contributed by atoms with Crippen molar-refractivity contribution in [3.8, 4) is 0 Å². The first kappa shape index (κ1) is 15.0. The van der Waals surface area contributed by atoms with E-state index in [4.69, 9.17) is 5.73 Å². The summed E-state index contributed by atoms with van der Waals surface area (Å²) in [5.74, 6) is 0.156. The van der Waals surface area contributed by atoms with E-state index in [1.54, 1.807) is 0 Å². The average molecular weight is 275 g/mol. The predicted molar refractivity (Wildman–Crippen MR) is 81.1 cm³/mol. The third-order valence-corrected chi connectivity index (χ3v) is 3.89. The van der Waals surface area contributed by atoms with Crippen molar-refractivity contribution in [2.45, 2.75) is 38.9 Å². The largest absolute Gasteiger partial charge is 0.351 e. The predicted octanol–water partition coefficient (Wildman–Crippen LogP) is 1.36. The molecule has 2 atom stereocenters. The van der Waals surface area contributed by atoms with Crippen LogP contribution >= 0.6 is 0 Å². The van der Waals surface area contributed by atoms with Crippen LogP contribution in [-0.4, -0.2) is 36.0 Å². The van der Waals surface area contributed by atoms with E-state index in [1.165, 1.54) is 5.56 Å². The molecule has 1 heterocycles. The van der Waals surface area contributed by atoms with Gasteiger partial charge in [-0.25, -0.2) is 0 Å². The first-order chi connectivity index (χ1) is 9.56. The Kier molecular flexibility index (Phi) is 5.15. The van der Waals surface area contributed by atoms with Crippen LogP contribution in [0, 0.1) is 5.92 Å². The zero-order valence-corrected chi connectivity index (χ0v) is 12.4. The van der Waals surface area contributed by atoms with Gasteiger partial charge in [-0.15, -0.1) is 0 Å². The van der Waals surface area contributed by atoms with Crippen LogP contribution in [0.25, 0.3) is 0 Å². The number of carbonyl (C=O) groups is 1. The van der Waals surface area contributed by atoms with Gasteiger partial charge in [0, 0.05) is 25.7 Å². The van der Waals surface area contributed by atoms with Crippen molar-refractivity contribution < 1.29 is 4.79 Å². The number of rotatable bonds is 5. The van der Waals surface area contributed by atoms with Crippen LogP contribution in [0.5, 0.6) is 0 Å². The molecule has 1 saturated heterocycles. The molecular weight excluding hydrogens is 250 g/mol. The number of carbonyl (C=O) groups excluding carboxylic acids is 1. The minimum Gasteiger partial charge on any atom is -0.351 e. The number of hydrogen-bond donors (Lipinski definition) is 2. The molecule has 1 amide bonds. The standard InChI is InChI=1S/C16H25N3O/c1-12(2)15(17)16(20)18-14-8-9-19(11-14)10-13-6-4-3-5-7-13/h3-7,12,14-15H,8-11,17H2,1-2H3,(H,18,20)/t14-,15+/m1/s1. The second-order valence-corrected chi connectivity index (χ2v) is 5.98. The molecule has 4 heteroatoms. The summed E-state index contributed by atoms with van der Waals surface area (Å²) in [6.07, 6.45) is 1.00. The molecule has 1 aliphatic rings. The van der Waals surface area contributed by atoms with Gasteiger partial charge in [0.1, 0.15) is 0 Å². The maximum atomic E-state index is 12.0. The molecule has 0 bridgehead atoms. The van der Waals surface area contributed by atoms with Crippen LogP contribution in [0.3, 0.4) is 0 Å². The number of benzene rings is 1. The number of likely N-dealkylation sites (tertiary alicyclic amines) is 1. The normalized spacial score (nSPS) is 21.1. The number of nitrogens with two attached hydrogens (primary N) is 1. The molecule has 0 unspecified atom stereocenters. The summed E-state index contributed by atoms with van der Waals surface area (Å²) in [5, 5.41) is 3.07. The minimum absolute atomic E-state index is 0.0217. The second-order valence-electron chi connectivity index (χ2n) is 5.98. The molecule has 20 heavy (non-hydrogen) atoms. The Hall–Kier alpha value is -1.39.